The molecule has 1 aromatic rings. The fraction of sp³-hybridized carbons (Fsp3) is 0.455. The molecule has 0 spiro atoms. The first-order valence-corrected chi connectivity index (χ1v) is 7.20. The van der Waals surface area contributed by atoms with Gasteiger partial charge in [0, 0.05) is 0 Å². The van der Waals surface area contributed by atoms with E-state index >= 15 is 0 Å². The monoisotopic (exact) mass is 340 g/mol. The number of hydrogen-bond donors (Lipinski definition) is 7. The molecule has 0 heterocycles. The van der Waals surface area contributed by atoms with E-state index in [-0.39, 0.29) is 11.1 Å². The lowest BCUT2D eigenvalue weighted by Crippen LogP contribution is -2.31. The molecule has 0 saturated heterocycles. The maximum Gasteiger partial charge on any atom is 0.397 e. The van der Waals surface area contributed by atoms with Gasteiger partial charge in [-0.2, -0.15) is 8.42 Å². The van der Waals surface area contributed by atoms with Crippen molar-refractivity contribution in [2.24, 2.45) is 0 Å². The van der Waals surface area contributed by atoms with Crippen molar-refractivity contribution in [3.8, 4) is 0 Å². The van der Waals surface area contributed by atoms with Crippen LogP contribution in [-0.4, -0.2) is 55.6 Å². The van der Waals surface area contributed by atoms with Gasteiger partial charge in [0.25, 0.3) is 11.9 Å². The summed E-state index contributed by atoms with van der Waals surface area (Å²) in [7, 11) is -4.94. The molecule has 1 atom stereocenters. The van der Waals surface area contributed by atoms with Crippen LogP contribution in [0, 0.1) is 0 Å². The van der Waals surface area contributed by atoms with Crippen molar-refractivity contribution < 1.29 is 47.8 Å². The van der Waals surface area contributed by atoms with Crippen molar-refractivity contribution in [2.45, 2.75) is 30.9 Å². The Labute approximate surface area is 125 Å². The third-order valence-corrected chi connectivity index (χ3v) is 2.97. The second-order valence-corrected chi connectivity index (χ2v) is 5.73. The topological polar surface area (TPSA) is 185 Å². The minimum absolute atomic E-state index is 0.0299. The summed E-state index contributed by atoms with van der Waals surface area (Å²) < 4.78 is 34.4. The van der Waals surface area contributed by atoms with Gasteiger partial charge in [-0.3, -0.25) is 4.55 Å². The highest BCUT2D eigenvalue weighted by molar-refractivity contribution is 7.80. The molecule has 22 heavy (non-hydrogen) atoms. The van der Waals surface area contributed by atoms with Crippen molar-refractivity contribution in [3.05, 3.63) is 35.4 Å². The highest BCUT2D eigenvalue weighted by Gasteiger charge is 2.30. The first kappa shape index (κ1) is 18.9. The molecule has 0 aliphatic heterocycles. The van der Waals surface area contributed by atoms with Gasteiger partial charge in [-0.05, 0) is 11.1 Å². The van der Waals surface area contributed by atoms with Gasteiger partial charge < -0.3 is 30.6 Å². The highest BCUT2D eigenvalue weighted by atomic mass is 32.3. The molecular weight excluding hydrogens is 324 g/mol. The van der Waals surface area contributed by atoms with E-state index in [0.29, 0.717) is 0 Å². The summed E-state index contributed by atoms with van der Waals surface area (Å²) in [5.74, 6) is -6.17. The molecule has 0 radical (unpaired) electrons. The van der Waals surface area contributed by atoms with Crippen LogP contribution < -0.4 is 0 Å². The van der Waals surface area contributed by atoms with E-state index in [1.807, 2.05) is 0 Å². The van der Waals surface area contributed by atoms with Crippen molar-refractivity contribution in [3.63, 3.8) is 0 Å². The largest absolute Gasteiger partial charge is 0.397 e. The maximum absolute atomic E-state index is 10.7. The average molecular weight is 340 g/mol. The molecule has 1 unspecified atom stereocenters. The van der Waals surface area contributed by atoms with E-state index in [9.17, 15) is 8.42 Å². The van der Waals surface area contributed by atoms with Gasteiger partial charge in [0.15, 0.2) is 0 Å². The Kier molecular flexibility index (Phi) is 5.61. The number of benzene rings is 1. The first-order chi connectivity index (χ1) is 9.75. The third kappa shape index (κ3) is 7.74. The number of aliphatic hydroxyl groups is 6. The predicted molar refractivity (Wildman–Crippen MR) is 68.9 cm³/mol. The molecule has 0 aliphatic carbocycles. The first-order valence-electron chi connectivity index (χ1n) is 5.84. The van der Waals surface area contributed by atoms with Crippen LogP contribution in [0.15, 0.2) is 24.3 Å². The van der Waals surface area contributed by atoms with Crippen LogP contribution in [0.25, 0.3) is 0 Å². The molecule has 0 fully saturated rings. The molecular formula is C11H16O10S. The lowest BCUT2D eigenvalue weighted by molar-refractivity contribution is -0.322. The summed E-state index contributed by atoms with van der Waals surface area (Å²) >= 11 is 0. The van der Waals surface area contributed by atoms with Crippen LogP contribution in [0.3, 0.4) is 0 Å². The van der Waals surface area contributed by atoms with E-state index < -0.39 is 41.3 Å². The molecule has 126 valence electrons. The SMILES string of the molecule is O=S(=O)(O)OC(CC(O)(O)O)c1ccc(CC(O)(O)O)cc1. The second-order valence-electron chi connectivity index (χ2n) is 4.68. The van der Waals surface area contributed by atoms with E-state index in [4.69, 9.17) is 35.2 Å². The van der Waals surface area contributed by atoms with Crippen LogP contribution >= 0.6 is 0 Å². The zero-order valence-corrected chi connectivity index (χ0v) is 11.9. The van der Waals surface area contributed by atoms with Gasteiger partial charge >= 0.3 is 10.4 Å². The molecule has 0 amide bonds. The molecule has 0 bridgehead atoms. The van der Waals surface area contributed by atoms with Gasteiger partial charge in [0.1, 0.15) is 6.10 Å². The normalized spacial score (nSPS) is 14.9. The van der Waals surface area contributed by atoms with Gasteiger partial charge in [-0.1, -0.05) is 24.3 Å². The lowest BCUT2D eigenvalue weighted by atomic mass is 10.0. The summed E-state index contributed by atoms with van der Waals surface area (Å²) in [6.07, 6.45) is -3.15. The van der Waals surface area contributed by atoms with E-state index in [1.54, 1.807) is 0 Å². The average Bonchev–Trinajstić information content (AvgIpc) is 2.22. The van der Waals surface area contributed by atoms with Crippen LogP contribution in [0.2, 0.25) is 0 Å². The van der Waals surface area contributed by atoms with E-state index in [0.717, 1.165) is 0 Å². The molecule has 0 aliphatic rings. The van der Waals surface area contributed by atoms with Crippen LogP contribution in [0.4, 0.5) is 0 Å². The maximum atomic E-state index is 10.7. The summed E-state index contributed by atoms with van der Waals surface area (Å²) in [6, 6.07) is 4.95. The van der Waals surface area contributed by atoms with Crippen molar-refractivity contribution >= 4 is 10.4 Å². The Morgan fingerprint density at radius 2 is 1.45 bits per heavy atom. The van der Waals surface area contributed by atoms with Crippen molar-refractivity contribution in [1.29, 1.82) is 0 Å². The molecule has 11 heteroatoms. The quantitative estimate of drug-likeness (QED) is 0.211. The third-order valence-electron chi connectivity index (χ3n) is 2.49. The number of hydrogen-bond acceptors (Lipinski definition) is 9. The minimum Gasteiger partial charge on any atom is -0.344 e. The Balaban J connectivity index is 2.99. The Hall–Kier alpha value is -1.15. The Morgan fingerprint density at radius 3 is 1.82 bits per heavy atom. The predicted octanol–water partition coefficient (Wildman–Crippen LogP) is -2.26. The summed E-state index contributed by atoms with van der Waals surface area (Å²) in [6.45, 7) is 0. The molecule has 1 rings (SSSR count). The van der Waals surface area contributed by atoms with Crippen molar-refractivity contribution in [2.75, 3.05) is 0 Å². The van der Waals surface area contributed by atoms with Crippen molar-refractivity contribution in [1.82, 2.24) is 0 Å². The van der Waals surface area contributed by atoms with E-state index in [1.165, 1.54) is 24.3 Å². The fourth-order valence-electron chi connectivity index (χ4n) is 1.73. The van der Waals surface area contributed by atoms with E-state index in [2.05, 4.69) is 4.18 Å². The minimum atomic E-state index is -4.94. The van der Waals surface area contributed by atoms with Gasteiger partial charge in [-0.15, -0.1) is 0 Å². The summed E-state index contributed by atoms with van der Waals surface area (Å²) in [4.78, 5) is 0. The summed E-state index contributed by atoms with van der Waals surface area (Å²) in [5.41, 5.74) is 0.285. The Bertz CT molecular complexity index is 581. The van der Waals surface area contributed by atoms with Gasteiger partial charge in [0.2, 0.25) is 0 Å². The zero-order chi connectivity index (χ0) is 17.2. The molecule has 7 N–H and O–H groups in total. The lowest BCUT2D eigenvalue weighted by Gasteiger charge is -2.22. The van der Waals surface area contributed by atoms with Crippen LogP contribution in [0.1, 0.15) is 23.7 Å². The molecule has 0 saturated carbocycles. The second kappa shape index (κ2) is 6.54. The van der Waals surface area contributed by atoms with Gasteiger partial charge in [-0.25, -0.2) is 4.18 Å². The van der Waals surface area contributed by atoms with Crippen LogP contribution in [-0.2, 0) is 21.0 Å². The molecule has 0 aromatic heterocycles. The van der Waals surface area contributed by atoms with Crippen LogP contribution in [0.5, 0.6) is 0 Å². The Morgan fingerprint density at radius 1 is 0.955 bits per heavy atom. The standard InChI is InChI=1S/C11H16O10S/c12-10(13,14)5-7-1-3-8(4-2-7)9(6-11(15,16)17)21-22(18,19)20/h1-4,9,12-17H,5-6H2,(H,18,19,20). The zero-order valence-electron chi connectivity index (χ0n) is 11.1. The number of rotatable bonds is 7. The summed E-state index contributed by atoms with van der Waals surface area (Å²) in [5, 5.41) is 53.2. The van der Waals surface area contributed by atoms with Gasteiger partial charge in [0.05, 0.1) is 12.8 Å². The highest BCUT2D eigenvalue weighted by Crippen LogP contribution is 2.27. The molecule has 1 aromatic carbocycles. The molecule has 10 nitrogen and oxygen atoms in total. The smallest absolute Gasteiger partial charge is 0.344 e. The fourth-order valence-corrected chi connectivity index (χ4v) is 2.20.